The summed E-state index contributed by atoms with van der Waals surface area (Å²) in [7, 11) is 0. The molecule has 12 heavy (non-hydrogen) atoms. The maximum absolute atomic E-state index is 10.8. The number of amides is 2. The molecule has 1 heterocycles. The Morgan fingerprint density at radius 2 is 1.75 bits per heavy atom. The van der Waals surface area contributed by atoms with Crippen molar-refractivity contribution in [2.24, 2.45) is 11.1 Å². The molecular weight excluding hydrogens is 152 g/mol. The first-order valence-corrected chi connectivity index (χ1v) is 4.76. The third-order valence-corrected chi connectivity index (χ3v) is 3.55. The van der Waals surface area contributed by atoms with Crippen LogP contribution in [-0.2, 0) is 0 Å². The molecule has 1 spiro atoms. The van der Waals surface area contributed by atoms with Crippen LogP contribution in [-0.4, -0.2) is 24.0 Å². The minimum absolute atomic E-state index is 0.246. The van der Waals surface area contributed by atoms with Crippen LogP contribution in [0.25, 0.3) is 0 Å². The fourth-order valence-corrected chi connectivity index (χ4v) is 2.38. The van der Waals surface area contributed by atoms with Gasteiger partial charge in [0.15, 0.2) is 0 Å². The van der Waals surface area contributed by atoms with Crippen LogP contribution in [0.2, 0.25) is 0 Å². The number of carbonyl (C=O) groups excluding carboxylic acids is 1. The Morgan fingerprint density at radius 1 is 1.17 bits per heavy atom. The predicted octanol–water partition coefficient (Wildman–Crippen LogP) is 1.33. The minimum atomic E-state index is -0.246. The average molecular weight is 168 g/mol. The highest BCUT2D eigenvalue weighted by Gasteiger charge is 2.39. The number of carbonyl (C=O) groups is 1. The van der Waals surface area contributed by atoms with Gasteiger partial charge in [-0.05, 0) is 31.1 Å². The molecule has 3 heteroatoms. The summed E-state index contributed by atoms with van der Waals surface area (Å²) in [6.07, 6.45) is 6.49. The van der Waals surface area contributed by atoms with E-state index in [1.807, 2.05) is 0 Å². The summed E-state index contributed by atoms with van der Waals surface area (Å²) in [4.78, 5) is 12.6. The average Bonchev–Trinajstić information content (AvgIpc) is 2.02. The second-order valence-electron chi connectivity index (χ2n) is 4.18. The number of nitrogens with two attached hydrogens (primary N) is 1. The van der Waals surface area contributed by atoms with Crippen LogP contribution in [0, 0.1) is 5.41 Å². The first-order valence-electron chi connectivity index (χ1n) is 4.76. The number of piperidine rings is 1. The fraction of sp³-hybridized carbons (Fsp3) is 0.889. The second kappa shape index (κ2) is 2.64. The summed E-state index contributed by atoms with van der Waals surface area (Å²) < 4.78 is 0. The van der Waals surface area contributed by atoms with Crippen molar-refractivity contribution >= 4 is 6.03 Å². The zero-order chi connectivity index (χ0) is 8.60. The van der Waals surface area contributed by atoms with Gasteiger partial charge in [0.1, 0.15) is 0 Å². The van der Waals surface area contributed by atoms with Gasteiger partial charge >= 0.3 is 6.03 Å². The van der Waals surface area contributed by atoms with E-state index >= 15 is 0 Å². The Labute approximate surface area is 72.9 Å². The number of urea groups is 1. The maximum Gasteiger partial charge on any atom is 0.314 e. The molecule has 3 nitrogen and oxygen atoms in total. The Kier molecular flexibility index (Phi) is 1.74. The number of likely N-dealkylation sites (tertiary alicyclic amines) is 1. The molecule has 0 aromatic heterocycles. The lowest BCUT2D eigenvalue weighted by molar-refractivity contribution is 0.0480. The molecule has 2 N–H and O–H groups in total. The maximum atomic E-state index is 10.8. The van der Waals surface area contributed by atoms with E-state index in [4.69, 9.17) is 5.73 Å². The summed E-state index contributed by atoms with van der Waals surface area (Å²) >= 11 is 0. The molecule has 0 atom stereocenters. The molecule has 1 saturated heterocycles. The molecule has 1 aliphatic carbocycles. The quantitative estimate of drug-likeness (QED) is 0.582. The van der Waals surface area contributed by atoms with Crippen LogP contribution in [0.5, 0.6) is 0 Å². The molecule has 1 saturated carbocycles. The molecular formula is C9H16N2O. The van der Waals surface area contributed by atoms with E-state index in [1.165, 1.54) is 32.1 Å². The second-order valence-corrected chi connectivity index (χ2v) is 4.18. The van der Waals surface area contributed by atoms with Crippen molar-refractivity contribution in [3.05, 3.63) is 0 Å². The highest BCUT2D eigenvalue weighted by molar-refractivity contribution is 5.72. The van der Waals surface area contributed by atoms with E-state index in [-0.39, 0.29) is 6.03 Å². The normalized spacial score (nSPS) is 26.8. The molecule has 0 radical (unpaired) electrons. The number of nitrogens with zero attached hydrogens (tertiary/aromatic N) is 1. The van der Waals surface area contributed by atoms with Gasteiger partial charge in [0.2, 0.25) is 0 Å². The monoisotopic (exact) mass is 168 g/mol. The number of primary amides is 1. The van der Waals surface area contributed by atoms with Crippen LogP contribution in [0.3, 0.4) is 0 Å². The van der Waals surface area contributed by atoms with Gasteiger partial charge in [-0.1, -0.05) is 6.42 Å². The lowest BCUT2D eigenvalue weighted by Gasteiger charge is -2.47. The standard InChI is InChI=1S/C9H16N2O/c10-8(12)11-6-4-9(5-7-11)2-1-3-9/h1-7H2,(H2,10,12). The van der Waals surface area contributed by atoms with Crippen molar-refractivity contribution in [1.82, 2.24) is 4.90 Å². The van der Waals surface area contributed by atoms with Gasteiger partial charge in [0, 0.05) is 13.1 Å². The van der Waals surface area contributed by atoms with Crippen LogP contribution in [0.4, 0.5) is 4.79 Å². The molecule has 2 fully saturated rings. The van der Waals surface area contributed by atoms with Crippen molar-refractivity contribution in [2.75, 3.05) is 13.1 Å². The fourth-order valence-electron chi connectivity index (χ4n) is 2.38. The molecule has 0 unspecified atom stereocenters. The molecule has 2 amide bonds. The molecule has 2 aliphatic rings. The van der Waals surface area contributed by atoms with Gasteiger partial charge in [0.05, 0.1) is 0 Å². The van der Waals surface area contributed by atoms with E-state index in [9.17, 15) is 4.79 Å². The van der Waals surface area contributed by atoms with Gasteiger partial charge in [-0.25, -0.2) is 4.79 Å². The highest BCUT2D eigenvalue weighted by Crippen LogP contribution is 2.48. The predicted molar refractivity (Wildman–Crippen MR) is 46.7 cm³/mol. The number of rotatable bonds is 0. The van der Waals surface area contributed by atoms with Crippen molar-refractivity contribution in [2.45, 2.75) is 32.1 Å². The topological polar surface area (TPSA) is 46.3 Å². The third kappa shape index (κ3) is 1.17. The number of hydrogen-bond donors (Lipinski definition) is 1. The SMILES string of the molecule is NC(=O)N1CCC2(CCC2)CC1. The van der Waals surface area contributed by atoms with Crippen LogP contribution in [0.15, 0.2) is 0 Å². The Morgan fingerprint density at radius 3 is 2.08 bits per heavy atom. The van der Waals surface area contributed by atoms with Gasteiger partial charge < -0.3 is 10.6 Å². The Bertz CT molecular complexity index is 189. The Balaban J connectivity index is 1.88. The van der Waals surface area contributed by atoms with Crippen molar-refractivity contribution in [1.29, 1.82) is 0 Å². The van der Waals surface area contributed by atoms with Gasteiger partial charge in [-0.2, -0.15) is 0 Å². The number of hydrogen-bond acceptors (Lipinski definition) is 1. The van der Waals surface area contributed by atoms with Crippen molar-refractivity contribution < 1.29 is 4.79 Å². The Hall–Kier alpha value is -0.730. The first kappa shape index (κ1) is 7.90. The van der Waals surface area contributed by atoms with Crippen molar-refractivity contribution in [3.63, 3.8) is 0 Å². The van der Waals surface area contributed by atoms with E-state index in [2.05, 4.69) is 0 Å². The van der Waals surface area contributed by atoms with Gasteiger partial charge in [0.25, 0.3) is 0 Å². The summed E-state index contributed by atoms with van der Waals surface area (Å²) in [5.74, 6) is 0. The smallest absolute Gasteiger partial charge is 0.314 e. The zero-order valence-corrected chi connectivity index (χ0v) is 7.38. The van der Waals surface area contributed by atoms with Crippen LogP contribution in [0.1, 0.15) is 32.1 Å². The van der Waals surface area contributed by atoms with Crippen LogP contribution < -0.4 is 5.73 Å². The first-order chi connectivity index (χ1) is 5.72. The van der Waals surface area contributed by atoms with Gasteiger partial charge in [-0.15, -0.1) is 0 Å². The summed E-state index contributed by atoms with van der Waals surface area (Å²) in [6.45, 7) is 1.77. The largest absolute Gasteiger partial charge is 0.351 e. The van der Waals surface area contributed by atoms with E-state index < -0.39 is 0 Å². The minimum Gasteiger partial charge on any atom is -0.351 e. The molecule has 0 bridgehead atoms. The molecule has 2 rings (SSSR count). The zero-order valence-electron chi connectivity index (χ0n) is 7.38. The van der Waals surface area contributed by atoms with E-state index in [1.54, 1.807) is 4.90 Å². The van der Waals surface area contributed by atoms with Crippen LogP contribution >= 0.6 is 0 Å². The van der Waals surface area contributed by atoms with E-state index in [0.29, 0.717) is 5.41 Å². The van der Waals surface area contributed by atoms with Gasteiger partial charge in [-0.3, -0.25) is 0 Å². The van der Waals surface area contributed by atoms with Crippen molar-refractivity contribution in [3.8, 4) is 0 Å². The molecule has 0 aromatic carbocycles. The lowest BCUT2D eigenvalue weighted by Crippen LogP contribution is -2.47. The molecule has 1 aliphatic heterocycles. The van der Waals surface area contributed by atoms with E-state index in [0.717, 1.165) is 13.1 Å². The third-order valence-electron chi connectivity index (χ3n) is 3.55. The molecule has 0 aromatic rings. The summed E-state index contributed by atoms with van der Waals surface area (Å²) in [6, 6.07) is -0.246. The summed E-state index contributed by atoms with van der Waals surface area (Å²) in [5, 5.41) is 0. The summed E-state index contributed by atoms with van der Waals surface area (Å²) in [5.41, 5.74) is 5.82. The lowest BCUT2D eigenvalue weighted by atomic mass is 9.63. The molecule has 68 valence electrons. The highest BCUT2D eigenvalue weighted by atomic mass is 16.2.